The van der Waals surface area contributed by atoms with Crippen LogP contribution >= 0.6 is 0 Å². The molecule has 0 unspecified atom stereocenters. The zero-order chi connectivity index (χ0) is 15.2. The van der Waals surface area contributed by atoms with Crippen LogP contribution in [-0.4, -0.2) is 21.7 Å². The maximum absolute atomic E-state index is 12.4. The van der Waals surface area contributed by atoms with Gasteiger partial charge in [-0.3, -0.25) is 9.48 Å². The average Bonchev–Trinajstić information content (AvgIpc) is 2.92. The first-order valence-electron chi connectivity index (χ1n) is 7.24. The van der Waals surface area contributed by atoms with Crippen LogP contribution in [0.4, 0.5) is 5.69 Å². The van der Waals surface area contributed by atoms with E-state index in [9.17, 15) is 4.79 Å². The van der Waals surface area contributed by atoms with Crippen molar-refractivity contribution in [3.63, 3.8) is 0 Å². The van der Waals surface area contributed by atoms with Crippen LogP contribution in [0.5, 0.6) is 0 Å². The predicted octanol–water partition coefficient (Wildman–Crippen LogP) is 2.58. The smallest absolute Gasteiger partial charge is 0.247 e. The molecule has 0 bridgehead atoms. The van der Waals surface area contributed by atoms with Gasteiger partial charge in [0.05, 0.1) is 11.9 Å². The molecule has 112 valence electrons. The summed E-state index contributed by atoms with van der Waals surface area (Å²) in [7, 11) is 0. The summed E-state index contributed by atoms with van der Waals surface area (Å²) in [6.45, 7) is 6.73. The maximum atomic E-state index is 12.4. The van der Waals surface area contributed by atoms with E-state index in [1.807, 2.05) is 62.0 Å². The number of carbonyl (C=O) groups excluding carboxylic acids is 1. The van der Waals surface area contributed by atoms with Crippen molar-refractivity contribution in [3.05, 3.63) is 48.3 Å². The minimum atomic E-state index is -0.428. The number of amides is 1. The topological polar surface area (TPSA) is 59.0 Å². The molecule has 0 saturated heterocycles. The van der Waals surface area contributed by atoms with Crippen LogP contribution in [0.2, 0.25) is 0 Å². The fourth-order valence-corrected chi connectivity index (χ4v) is 2.09. The van der Waals surface area contributed by atoms with Crippen LogP contribution in [0.25, 0.3) is 0 Å². The second kappa shape index (κ2) is 6.92. The third-order valence-corrected chi connectivity index (χ3v) is 3.09. The number of rotatable bonds is 6. The minimum absolute atomic E-state index is 0.0413. The maximum Gasteiger partial charge on any atom is 0.247 e. The predicted molar refractivity (Wildman–Crippen MR) is 84.0 cm³/mol. The Labute approximate surface area is 125 Å². The van der Waals surface area contributed by atoms with Crippen molar-refractivity contribution in [3.8, 4) is 0 Å². The molecule has 0 spiro atoms. The first kappa shape index (κ1) is 15.1. The molecule has 2 N–H and O–H groups in total. The van der Waals surface area contributed by atoms with Crippen LogP contribution in [0, 0.1) is 0 Å². The standard InChI is InChI=1S/C16H22N4O/c1-4-20-11-14(10-17-20)19-15(16(21)18-12(2)3)13-8-6-5-7-9-13/h5-12,15,19H,4H2,1-3H3,(H,18,21)/t15-/m0/s1. The Balaban J connectivity index is 2.21. The van der Waals surface area contributed by atoms with Crippen molar-refractivity contribution < 1.29 is 4.79 Å². The minimum Gasteiger partial charge on any atom is -0.368 e. The summed E-state index contributed by atoms with van der Waals surface area (Å²) in [5.41, 5.74) is 1.77. The Morgan fingerprint density at radius 3 is 2.57 bits per heavy atom. The number of hydrogen-bond acceptors (Lipinski definition) is 3. The normalized spacial score (nSPS) is 12.2. The number of benzene rings is 1. The largest absolute Gasteiger partial charge is 0.368 e. The number of aromatic nitrogens is 2. The van der Waals surface area contributed by atoms with E-state index in [0.29, 0.717) is 0 Å². The molecule has 2 rings (SSSR count). The third kappa shape index (κ3) is 4.08. The van der Waals surface area contributed by atoms with Gasteiger partial charge in [-0.05, 0) is 26.3 Å². The Morgan fingerprint density at radius 1 is 1.29 bits per heavy atom. The molecule has 1 amide bonds. The summed E-state index contributed by atoms with van der Waals surface area (Å²) in [5, 5.41) is 10.4. The molecular formula is C16H22N4O. The van der Waals surface area contributed by atoms with Gasteiger partial charge in [-0.2, -0.15) is 5.10 Å². The van der Waals surface area contributed by atoms with E-state index in [-0.39, 0.29) is 11.9 Å². The van der Waals surface area contributed by atoms with Gasteiger partial charge in [0.2, 0.25) is 5.91 Å². The van der Waals surface area contributed by atoms with Crippen molar-refractivity contribution >= 4 is 11.6 Å². The number of nitrogens with zero attached hydrogens (tertiary/aromatic N) is 2. The quantitative estimate of drug-likeness (QED) is 0.858. The molecule has 0 aliphatic rings. The van der Waals surface area contributed by atoms with Gasteiger partial charge in [-0.15, -0.1) is 0 Å². The van der Waals surface area contributed by atoms with E-state index in [2.05, 4.69) is 15.7 Å². The second-order valence-corrected chi connectivity index (χ2v) is 5.24. The van der Waals surface area contributed by atoms with Crippen molar-refractivity contribution in [2.45, 2.75) is 39.4 Å². The number of anilines is 1. The summed E-state index contributed by atoms with van der Waals surface area (Å²) in [6, 6.07) is 9.37. The number of hydrogen-bond donors (Lipinski definition) is 2. The molecule has 0 fully saturated rings. The molecule has 1 aromatic heterocycles. The highest BCUT2D eigenvalue weighted by atomic mass is 16.2. The Hall–Kier alpha value is -2.30. The average molecular weight is 286 g/mol. The molecular weight excluding hydrogens is 264 g/mol. The number of aryl methyl sites for hydroxylation is 1. The van der Waals surface area contributed by atoms with E-state index < -0.39 is 6.04 Å². The number of nitrogens with one attached hydrogen (secondary N) is 2. The lowest BCUT2D eigenvalue weighted by Crippen LogP contribution is -2.37. The van der Waals surface area contributed by atoms with E-state index in [0.717, 1.165) is 17.8 Å². The summed E-state index contributed by atoms with van der Waals surface area (Å²) in [4.78, 5) is 12.4. The highest BCUT2D eigenvalue weighted by Gasteiger charge is 2.21. The Bertz CT molecular complexity index is 577. The summed E-state index contributed by atoms with van der Waals surface area (Å²) < 4.78 is 1.82. The summed E-state index contributed by atoms with van der Waals surface area (Å²) in [5.74, 6) is -0.0413. The van der Waals surface area contributed by atoms with Gasteiger partial charge < -0.3 is 10.6 Å². The Kier molecular flexibility index (Phi) is 4.98. The third-order valence-electron chi connectivity index (χ3n) is 3.09. The molecule has 5 heteroatoms. The highest BCUT2D eigenvalue weighted by molar-refractivity contribution is 5.86. The lowest BCUT2D eigenvalue weighted by atomic mass is 10.1. The molecule has 1 heterocycles. The van der Waals surface area contributed by atoms with Crippen LogP contribution in [-0.2, 0) is 11.3 Å². The van der Waals surface area contributed by atoms with Gasteiger partial charge in [-0.25, -0.2) is 0 Å². The van der Waals surface area contributed by atoms with Gasteiger partial charge in [0.25, 0.3) is 0 Å². The fraction of sp³-hybridized carbons (Fsp3) is 0.375. The van der Waals surface area contributed by atoms with E-state index in [1.54, 1.807) is 6.20 Å². The van der Waals surface area contributed by atoms with E-state index in [4.69, 9.17) is 0 Å². The van der Waals surface area contributed by atoms with Gasteiger partial charge in [-0.1, -0.05) is 30.3 Å². The Morgan fingerprint density at radius 2 is 2.00 bits per heavy atom. The fourth-order valence-electron chi connectivity index (χ4n) is 2.09. The molecule has 21 heavy (non-hydrogen) atoms. The first-order valence-corrected chi connectivity index (χ1v) is 7.24. The molecule has 1 aromatic carbocycles. The summed E-state index contributed by atoms with van der Waals surface area (Å²) in [6.07, 6.45) is 3.64. The molecule has 0 radical (unpaired) electrons. The van der Waals surface area contributed by atoms with Crippen molar-refractivity contribution in [1.82, 2.24) is 15.1 Å². The van der Waals surface area contributed by atoms with Crippen LogP contribution < -0.4 is 10.6 Å². The van der Waals surface area contributed by atoms with Crippen molar-refractivity contribution in [2.75, 3.05) is 5.32 Å². The van der Waals surface area contributed by atoms with Gasteiger partial charge in [0, 0.05) is 18.8 Å². The zero-order valence-electron chi connectivity index (χ0n) is 12.7. The van der Waals surface area contributed by atoms with Crippen molar-refractivity contribution in [1.29, 1.82) is 0 Å². The zero-order valence-corrected chi connectivity index (χ0v) is 12.7. The van der Waals surface area contributed by atoms with Crippen LogP contribution in [0.1, 0.15) is 32.4 Å². The van der Waals surface area contributed by atoms with E-state index >= 15 is 0 Å². The van der Waals surface area contributed by atoms with E-state index in [1.165, 1.54) is 0 Å². The summed E-state index contributed by atoms with van der Waals surface area (Å²) >= 11 is 0. The first-order chi connectivity index (χ1) is 10.1. The molecule has 2 aromatic rings. The molecule has 5 nitrogen and oxygen atoms in total. The number of carbonyl (C=O) groups is 1. The molecule has 0 saturated carbocycles. The molecule has 0 aliphatic heterocycles. The van der Waals surface area contributed by atoms with Crippen LogP contribution in [0.15, 0.2) is 42.7 Å². The molecule has 1 atom stereocenters. The lowest BCUT2D eigenvalue weighted by Gasteiger charge is -2.20. The SMILES string of the molecule is CCn1cc(N[C@H](C(=O)NC(C)C)c2ccccc2)cn1. The van der Waals surface area contributed by atoms with Gasteiger partial charge in [0.1, 0.15) is 6.04 Å². The van der Waals surface area contributed by atoms with Gasteiger partial charge >= 0.3 is 0 Å². The second-order valence-electron chi connectivity index (χ2n) is 5.24. The highest BCUT2D eigenvalue weighted by Crippen LogP contribution is 2.19. The monoisotopic (exact) mass is 286 g/mol. The van der Waals surface area contributed by atoms with Crippen LogP contribution in [0.3, 0.4) is 0 Å². The lowest BCUT2D eigenvalue weighted by molar-refractivity contribution is -0.122. The molecule has 0 aliphatic carbocycles. The van der Waals surface area contributed by atoms with Crippen molar-refractivity contribution in [2.24, 2.45) is 0 Å². The van der Waals surface area contributed by atoms with Gasteiger partial charge in [0.15, 0.2) is 0 Å².